The maximum absolute atomic E-state index is 11.3. The lowest BCUT2D eigenvalue weighted by Gasteiger charge is -2.16. The second kappa shape index (κ2) is 4.71. The summed E-state index contributed by atoms with van der Waals surface area (Å²) in [6, 6.07) is 0. The third-order valence-corrected chi connectivity index (χ3v) is 1.91. The monoisotopic (exact) mass is 200 g/mol. The molecule has 14 heavy (non-hydrogen) atoms. The quantitative estimate of drug-likeness (QED) is 0.434. The fraction of sp³-hybridized carbons (Fsp3) is 0.625. The molecule has 0 aromatic heterocycles. The number of nitrogens with zero attached hydrogens (tertiary/aromatic N) is 1. The molecule has 0 atom stereocenters. The van der Waals surface area contributed by atoms with Gasteiger partial charge >= 0.3 is 5.97 Å². The molecule has 78 valence electrons. The molecular weight excluding hydrogens is 188 g/mol. The highest BCUT2D eigenvalue weighted by atomic mass is 16.5. The van der Waals surface area contributed by atoms with Crippen molar-refractivity contribution in [3.8, 4) is 0 Å². The highest BCUT2D eigenvalue weighted by Crippen LogP contribution is 1.99. The van der Waals surface area contributed by atoms with Crippen molar-refractivity contribution in [3.63, 3.8) is 0 Å². The molecule has 1 rings (SSSR count). The number of nitrogens with one attached hydrogen (secondary N) is 1. The molecule has 1 saturated heterocycles. The molecular formula is C8H12N2O4. The van der Waals surface area contributed by atoms with E-state index < -0.39 is 11.9 Å². The first-order valence-electron chi connectivity index (χ1n) is 4.26. The van der Waals surface area contributed by atoms with E-state index in [1.54, 1.807) is 0 Å². The molecule has 0 bridgehead atoms. The Bertz CT molecular complexity index is 246. The van der Waals surface area contributed by atoms with Gasteiger partial charge in [-0.05, 0) is 0 Å². The Labute approximate surface area is 81.2 Å². The predicted molar refractivity (Wildman–Crippen MR) is 46.2 cm³/mol. The van der Waals surface area contributed by atoms with E-state index in [2.05, 4.69) is 10.1 Å². The van der Waals surface area contributed by atoms with Crippen LogP contribution in [0.5, 0.6) is 0 Å². The summed E-state index contributed by atoms with van der Waals surface area (Å²) < 4.78 is 4.38. The number of hydrogen-bond acceptors (Lipinski definition) is 5. The van der Waals surface area contributed by atoms with E-state index in [1.165, 1.54) is 7.11 Å². The second-order valence-electron chi connectivity index (χ2n) is 2.88. The Morgan fingerprint density at radius 2 is 2.21 bits per heavy atom. The number of esters is 1. The number of methoxy groups -OCH3 is 1. The van der Waals surface area contributed by atoms with Gasteiger partial charge in [0.25, 0.3) is 0 Å². The molecule has 0 spiro atoms. The van der Waals surface area contributed by atoms with E-state index in [4.69, 9.17) is 0 Å². The van der Waals surface area contributed by atoms with Crippen LogP contribution in [-0.2, 0) is 19.1 Å². The van der Waals surface area contributed by atoms with Gasteiger partial charge in [0.1, 0.15) is 6.54 Å². The first kappa shape index (κ1) is 10.6. The molecule has 0 saturated carbocycles. The number of carbonyl (C=O) groups excluding carboxylic acids is 3. The van der Waals surface area contributed by atoms with Crippen molar-refractivity contribution < 1.29 is 19.1 Å². The van der Waals surface area contributed by atoms with Crippen molar-refractivity contribution in [2.75, 3.05) is 26.7 Å². The van der Waals surface area contributed by atoms with Crippen LogP contribution in [0.4, 0.5) is 0 Å². The summed E-state index contributed by atoms with van der Waals surface area (Å²) >= 11 is 0. The summed E-state index contributed by atoms with van der Waals surface area (Å²) in [6.07, 6.45) is 0.225. The first-order valence-corrected chi connectivity index (χ1v) is 4.26. The highest BCUT2D eigenvalue weighted by molar-refractivity contribution is 5.99. The van der Waals surface area contributed by atoms with Gasteiger partial charge in [-0.2, -0.15) is 0 Å². The van der Waals surface area contributed by atoms with Crippen LogP contribution in [0.1, 0.15) is 6.42 Å². The molecule has 0 unspecified atom stereocenters. The number of amides is 2. The number of carbonyl (C=O) groups is 3. The molecule has 1 aliphatic rings. The van der Waals surface area contributed by atoms with Gasteiger partial charge in [-0.3, -0.25) is 19.3 Å². The number of ether oxygens (including phenoxy) is 1. The number of rotatable bonds is 2. The maximum Gasteiger partial charge on any atom is 0.325 e. The third-order valence-electron chi connectivity index (χ3n) is 1.91. The van der Waals surface area contributed by atoms with Crippen LogP contribution < -0.4 is 5.32 Å². The van der Waals surface area contributed by atoms with E-state index in [-0.39, 0.29) is 25.4 Å². The standard InChI is InChI=1S/C8H12N2O4/c1-14-8(13)5-10-6(11)2-3-9-4-7(10)12/h9H,2-5H2,1H3. The average Bonchev–Trinajstić information content (AvgIpc) is 2.32. The molecule has 0 aliphatic carbocycles. The van der Waals surface area contributed by atoms with Crippen LogP contribution >= 0.6 is 0 Å². The van der Waals surface area contributed by atoms with Crippen molar-refractivity contribution in [2.24, 2.45) is 0 Å². The highest BCUT2D eigenvalue weighted by Gasteiger charge is 2.25. The van der Waals surface area contributed by atoms with Gasteiger partial charge in [0.05, 0.1) is 13.7 Å². The van der Waals surface area contributed by atoms with E-state index in [0.29, 0.717) is 6.54 Å². The molecule has 2 amide bonds. The predicted octanol–water partition coefficient (Wildman–Crippen LogP) is -1.49. The average molecular weight is 200 g/mol. The Balaban J connectivity index is 2.65. The van der Waals surface area contributed by atoms with Crippen LogP contribution in [0, 0.1) is 0 Å². The lowest BCUT2D eigenvalue weighted by Crippen LogP contribution is -2.41. The summed E-state index contributed by atoms with van der Waals surface area (Å²) in [5, 5.41) is 2.78. The van der Waals surface area contributed by atoms with Gasteiger partial charge in [-0.15, -0.1) is 0 Å². The summed E-state index contributed by atoms with van der Waals surface area (Å²) in [5.74, 6) is -1.32. The van der Waals surface area contributed by atoms with Crippen LogP contribution in [0.15, 0.2) is 0 Å². The summed E-state index contributed by atoms with van der Waals surface area (Å²) in [6.45, 7) is 0.251. The Kier molecular flexibility index (Phi) is 3.58. The van der Waals surface area contributed by atoms with E-state index >= 15 is 0 Å². The minimum Gasteiger partial charge on any atom is -0.468 e. The van der Waals surface area contributed by atoms with Crippen molar-refractivity contribution in [1.29, 1.82) is 0 Å². The second-order valence-corrected chi connectivity index (χ2v) is 2.88. The molecule has 1 N–H and O–H groups in total. The van der Waals surface area contributed by atoms with Crippen LogP contribution in [0.25, 0.3) is 0 Å². The van der Waals surface area contributed by atoms with Crippen LogP contribution in [-0.4, -0.2) is 49.4 Å². The SMILES string of the molecule is COC(=O)CN1C(=O)CCNCC1=O. The normalized spacial score (nSPS) is 17.9. The molecule has 0 aromatic carbocycles. The maximum atomic E-state index is 11.3. The molecule has 1 fully saturated rings. The first-order chi connectivity index (χ1) is 6.65. The summed E-state index contributed by atoms with van der Waals surface area (Å²) in [4.78, 5) is 34.5. The van der Waals surface area contributed by atoms with Crippen molar-refractivity contribution >= 4 is 17.8 Å². The lowest BCUT2D eigenvalue weighted by molar-refractivity contribution is -0.153. The van der Waals surface area contributed by atoms with E-state index in [9.17, 15) is 14.4 Å². The smallest absolute Gasteiger partial charge is 0.325 e. The van der Waals surface area contributed by atoms with Crippen molar-refractivity contribution in [2.45, 2.75) is 6.42 Å². The topological polar surface area (TPSA) is 75.7 Å². The molecule has 0 radical (unpaired) electrons. The lowest BCUT2D eigenvalue weighted by atomic mass is 10.3. The molecule has 1 aliphatic heterocycles. The van der Waals surface area contributed by atoms with Crippen molar-refractivity contribution in [1.82, 2.24) is 10.2 Å². The molecule has 6 heteroatoms. The van der Waals surface area contributed by atoms with Gasteiger partial charge in [-0.1, -0.05) is 0 Å². The summed E-state index contributed by atoms with van der Waals surface area (Å²) in [7, 11) is 1.22. The Morgan fingerprint density at radius 1 is 1.50 bits per heavy atom. The fourth-order valence-corrected chi connectivity index (χ4v) is 1.13. The molecule has 1 heterocycles. The van der Waals surface area contributed by atoms with Gasteiger partial charge in [0.2, 0.25) is 11.8 Å². The molecule has 0 aromatic rings. The van der Waals surface area contributed by atoms with Gasteiger partial charge in [-0.25, -0.2) is 0 Å². The zero-order valence-electron chi connectivity index (χ0n) is 7.91. The van der Waals surface area contributed by atoms with Crippen molar-refractivity contribution in [3.05, 3.63) is 0 Å². The Morgan fingerprint density at radius 3 is 2.86 bits per heavy atom. The van der Waals surface area contributed by atoms with Gasteiger partial charge in [0.15, 0.2) is 0 Å². The molecule has 6 nitrogen and oxygen atoms in total. The van der Waals surface area contributed by atoms with Gasteiger partial charge in [0, 0.05) is 13.0 Å². The minimum absolute atomic E-state index is 0.0860. The van der Waals surface area contributed by atoms with Crippen LogP contribution in [0.3, 0.4) is 0 Å². The van der Waals surface area contributed by atoms with E-state index in [1.807, 2.05) is 0 Å². The third kappa shape index (κ3) is 2.53. The zero-order valence-corrected chi connectivity index (χ0v) is 7.91. The Hall–Kier alpha value is -1.43. The number of imide groups is 1. The fourth-order valence-electron chi connectivity index (χ4n) is 1.13. The zero-order chi connectivity index (χ0) is 10.6. The van der Waals surface area contributed by atoms with E-state index in [0.717, 1.165) is 4.90 Å². The minimum atomic E-state index is -0.589. The van der Waals surface area contributed by atoms with Crippen LogP contribution in [0.2, 0.25) is 0 Å². The largest absolute Gasteiger partial charge is 0.468 e. The van der Waals surface area contributed by atoms with Gasteiger partial charge < -0.3 is 10.1 Å². The summed E-state index contributed by atoms with van der Waals surface area (Å²) in [5.41, 5.74) is 0. The number of hydrogen-bond donors (Lipinski definition) is 1.